The molecule has 0 aliphatic heterocycles. The molecule has 0 unspecified atom stereocenters. The van der Waals surface area contributed by atoms with Crippen molar-refractivity contribution in [3.8, 4) is 16.9 Å². The Morgan fingerprint density at radius 1 is 1.05 bits per heavy atom. The number of hydrogen-bond donors (Lipinski definition) is 1. The van der Waals surface area contributed by atoms with Crippen LogP contribution in [0, 0.1) is 0 Å². The van der Waals surface area contributed by atoms with Crippen LogP contribution in [0.2, 0.25) is 0 Å². The Balaban J connectivity index is 2.12. The number of nitrogens with one attached hydrogen (secondary N) is 1. The molecule has 0 bridgehead atoms. The lowest BCUT2D eigenvalue weighted by Crippen LogP contribution is -1.91. The molecule has 3 rings (SSSR count). The smallest absolute Gasteiger partial charge is 0.153 e. The Morgan fingerprint density at radius 3 is 2.63 bits per heavy atom. The number of fused-ring (bicyclic) bond motifs is 1. The van der Waals surface area contributed by atoms with Crippen LogP contribution >= 0.6 is 0 Å². The number of aromatic nitrogens is 1. The van der Waals surface area contributed by atoms with E-state index < -0.39 is 0 Å². The highest BCUT2D eigenvalue weighted by Crippen LogP contribution is 2.27. The number of carbonyl (C=O) groups excluding carboxylic acids is 1. The van der Waals surface area contributed by atoms with Crippen LogP contribution in [0.15, 0.2) is 48.7 Å². The first-order valence-electron chi connectivity index (χ1n) is 6.02. The molecule has 3 nitrogen and oxygen atoms in total. The lowest BCUT2D eigenvalue weighted by Gasteiger charge is -2.07. The normalized spacial score (nSPS) is 10.6. The summed E-state index contributed by atoms with van der Waals surface area (Å²) in [6, 6.07) is 13.8. The summed E-state index contributed by atoms with van der Waals surface area (Å²) < 4.78 is 5.15. The van der Waals surface area contributed by atoms with E-state index in [9.17, 15) is 4.79 Å². The molecule has 0 amide bonds. The summed E-state index contributed by atoms with van der Waals surface area (Å²) in [5, 5.41) is 1.15. The second-order valence-electron chi connectivity index (χ2n) is 4.35. The van der Waals surface area contributed by atoms with E-state index in [1.165, 1.54) is 0 Å². The first-order valence-corrected chi connectivity index (χ1v) is 6.02. The maximum Gasteiger partial charge on any atom is 0.153 e. The molecule has 1 N–H and O–H groups in total. The van der Waals surface area contributed by atoms with E-state index in [2.05, 4.69) is 11.1 Å². The molecule has 3 aromatic rings. The second kappa shape index (κ2) is 4.61. The molecule has 0 radical (unpaired) electrons. The summed E-state index contributed by atoms with van der Waals surface area (Å²) in [5.74, 6) is 0.599. The van der Waals surface area contributed by atoms with Crippen LogP contribution in [-0.2, 0) is 0 Å². The fourth-order valence-electron chi connectivity index (χ4n) is 2.24. The van der Waals surface area contributed by atoms with Crippen molar-refractivity contribution in [3.63, 3.8) is 0 Å². The predicted molar refractivity (Wildman–Crippen MR) is 75.7 cm³/mol. The number of benzene rings is 2. The number of aromatic amines is 1. The van der Waals surface area contributed by atoms with Gasteiger partial charge in [-0.1, -0.05) is 12.1 Å². The fourth-order valence-corrected chi connectivity index (χ4v) is 2.24. The SMILES string of the molecule is COc1ccc(-c2ccc3[nH]ccc3c2)cc1C=O. The molecule has 3 heteroatoms. The van der Waals surface area contributed by atoms with Gasteiger partial charge in [-0.25, -0.2) is 0 Å². The minimum Gasteiger partial charge on any atom is -0.496 e. The zero-order valence-electron chi connectivity index (χ0n) is 10.5. The summed E-state index contributed by atoms with van der Waals surface area (Å²) in [7, 11) is 1.56. The van der Waals surface area contributed by atoms with E-state index >= 15 is 0 Å². The molecule has 19 heavy (non-hydrogen) atoms. The quantitative estimate of drug-likeness (QED) is 0.722. The van der Waals surface area contributed by atoms with E-state index in [4.69, 9.17) is 4.74 Å². The Bertz CT molecular complexity index is 743. The molecule has 94 valence electrons. The Kier molecular flexibility index (Phi) is 2.80. The van der Waals surface area contributed by atoms with Crippen LogP contribution in [0.3, 0.4) is 0 Å². The number of hydrogen-bond acceptors (Lipinski definition) is 2. The standard InChI is InChI=1S/C16H13NO2/c1-19-16-5-3-12(9-14(16)10-18)11-2-4-15-13(8-11)6-7-17-15/h2-10,17H,1H3. The van der Waals surface area contributed by atoms with Crippen molar-refractivity contribution in [1.29, 1.82) is 0 Å². The Labute approximate surface area is 110 Å². The van der Waals surface area contributed by atoms with Gasteiger partial charge in [-0.15, -0.1) is 0 Å². The highest BCUT2D eigenvalue weighted by molar-refractivity contribution is 5.87. The average molecular weight is 251 g/mol. The fraction of sp³-hybridized carbons (Fsp3) is 0.0625. The third-order valence-corrected chi connectivity index (χ3v) is 3.24. The van der Waals surface area contributed by atoms with Crippen molar-refractivity contribution in [2.75, 3.05) is 7.11 Å². The number of methoxy groups -OCH3 is 1. The summed E-state index contributed by atoms with van der Waals surface area (Å²) in [4.78, 5) is 14.2. The molecular formula is C16H13NO2. The van der Waals surface area contributed by atoms with Crippen molar-refractivity contribution in [1.82, 2.24) is 4.98 Å². The molecule has 2 aromatic carbocycles. The molecule has 1 heterocycles. The number of ether oxygens (including phenoxy) is 1. The third-order valence-electron chi connectivity index (χ3n) is 3.24. The summed E-state index contributed by atoms with van der Waals surface area (Å²) in [6.07, 6.45) is 2.73. The van der Waals surface area contributed by atoms with Gasteiger partial charge in [0.25, 0.3) is 0 Å². The lowest BCUT2D eigenvalue weighted by molar-refractivity contribution is 0.112. The molecule has 0 saturated heterocycles. The lowest BCUT2D eigenvalue weighted by atomic mass is 10.0. The highest BCUT2D eigenvalue weighted by Gasteiger charge is 2.06. The molecule has 0 spiro atoms. The molecule has 0 saturated carbocycles. The average Bonchev–Trinajstić information content (AvgIpc) is 2.93. The van der Waals surface area contributed by atoms with Gasteiger partial charge in [-0.3, -0.25) is 4.79 Å². The highest BCUT2D eigenvalue weighted by atomic mass is 16.5. The van der Waals surface area contributed by atoms with E-state index in [0.717, 1.165) is 28.3 Å². The zero-order valence-corrected chi connectivity index (χ0v) is 10.5. The van der Waals surface area contributed by atoms with Gasteiger partial charge < -0.3 is 9.72 Å². The van der Waals surface area contributed by atoms with E-state index in [1.807, 2.05) is 42.6 Å². The van der Waals surface area contributed by atoms with Gasteiger partial charge in [-0.05, 0) is 46.8 Å². The second-order valence-corrected chi connectivity index (χ2v) is 4.35. The molecule has 0 fully saturated rings. The van der Waals surface area contributed by atoms with Crippen LogP contribution < -0.4 is 4.74 Å². The number of aldehydes is 1. The summed E-state index contributed by atoms with van der Waals surface area (Å²) >= 11 is 0. The molecule has 0 aliphatic carbocycles. The maximum atomic E-state index is 11.1. The van der Waals surface area contributed by atoms with Gasteiger partial charge >= 0.3 is 0 Å². The van der Waals surface area contributed by atoms with Gasteiger partial charge in [0.05, 0.1) is 12.7 Å². The van der Waals surface area contributed by atoms with Gasteiger partial charge in [0, 0.05) is 11.7 Å². The first kappa shape index (κ1) is 11.5. The van der Waals surface area contributed by atoms with Gasteiger partial charge in [0.15, 0.2) is 6.29 Å². The van der Waals surface area contributed by atoms with Crippen LogP contribution in [0.25, 0.3) is 22.0 Å². The van der Waals surface area contributed by atoms with Crippen molar-refractivity contribution >= 4 is 17.2 Å². The summed E-state index contributed by atoms with van der Waals surface area (Å²) in [6.45, 7) is 0. The number of H-pyrrole nitrogens is 1. The van der Waals surface area contributed by atoms with E-state index in [1.54, 1.807) is 7.11 Å². The molecule has 1 aromatic heterocycles. The van der Waals surface area contributed by atoms with Gasteiger partial charge in [-0.2, -0.15) is 0 Å². The van der Waals surface area contributed by atoms with Gasteiger partial charge in [0.2, 0.25) is 0 Å². The topological polar surface area (TPSA) is 42.1 Å². The maximum absolute atomic E-state index is 11.1. The monoisotopic (exact) mass is 251 g/mol. The Hall–Kier alpha value is -2.55. The molecule has 0 aliphatic rings. The Morgan fingerprint density at radius 2 is 1.84 bits per heavy atom. The van der Waals surface area contributed by atoms with Crippen LogP contribution in [0.1, 0.15) is 10.4 Å². The van der Waals surface area contributed by atoms with E-state index in [-0.39, 0.29) is 0 Å². The third kappa shape index (κ3) is 1.99. The minimum atomic E-state index is 0.564. The van der Waals surface area contributed by atoms with Crippen molar-refractivity contribution in [3.05, 3.63) is 54.2 Å². The molecular weight excluding hydrogens is 238 g/mol. The first-order chi connectivity index (χ1) is 9.31. The van der Waals surface area contributed by atoms with Crippen LogP contribution in [0.5, 0.6) is 5.75 Å². The van der Waals surface area contributed by atoms with Crippen molar-refractivity contribution in [2.24, 2.45) is 0 Å². The minimum absolute atomic E-state index is 0.564. The number of carbonyl (C=O) groups is 1. The molecule has 0 atom stereocenters. The van der Waals surface area contributed by atoms with Crippen LogP contribution in [0.4, 0.5) is 0 Å². The van der Waals surface area contributed by atoms with Gasteiger partial charge in [0.1, 0.15) is 5.75 Å². The van der Waals surface area contributed by atoms with Crippen molar-refractivity contribution in [2.45, 2.75) is 0 Å². The van der Waals surface area contributed by atoms with Crippen LogP contribution in [-0.4, -0.2) is 18.4 Å². The number of rotatable bonds is 3. The van der Waals surface area contributed by atoms with Crippen molar-refractivity contribution < 1.29 is 9.53 Å². The largest absolute Gasteiger partial charge is 0.496 e. The predicted octanol–water partition coefficient (Wildman–Crippen LogP) is 3.66. The zero-order chi connectivity index (χ0) is 13.2. The van der Waals surface area contributed by atoms with E-state index in [0.29, 0.717) is 11.3 Å². The summed E-state index contributed by atoms with van der Waals surface area (Å²) in [5.41, 5.74) is 3.76.